The number of hydrogen-bond donors (Lipinski definition) is 1. The molecule has 1 aromatic heterocycles. The van der Waals surface area contributed by atoms with E-state index in [1.807, 2.05) is 30.3 Å². The molecule has 0 saturated heterocycles. The van der Waals surface area contributed by atoms with E-state index >= 15 is 0 Å². The van der Waals surface area contributed by atoms with Gasteiger partial charge in [-0.3, -0.25) is 0 Å². The maximum atomic E-state index is 5.82. The van der Waals surface area contributed by atoms with Crippen molar-refractivity contribution in [2.75, 3.05) is 0 Å². The van der Waals surface area contributed by atoms with Gasteiger partial charge < -0.3 is 5.73 Å². The lowest BCUT2D eigenvalue weighted by atomic mass is 10.4. The first-order valence-electron chi connectivity index (χ1n) is 5.17. The Bertz CT molecular complexity index is 487. The summed E-state index contributed by atoms with van der Waals surface area (Å²) in [6, 6.07) is 9.55. The fourth-order valence-corrected chi connectivity index (χ4v) is 2.19. The van der Waals surface area contributed by atoms with Crippen LogP contribution in [0.2, 0.25) is 5.02 Å². The Hall–Kier alpha value is -1.10. The summed E-state index contributed by atoms with van der Waals surface area (Å²) in [5.41, 5.74) is 6.40. The van der Waals surface area contributed by atoms with Crippen molar-refractivity contribution < 1.29 is 0 Å². The second-order valence-corrected chi connectivity index (χ2v) is 4.90. The van der Waals surface area contributed by atoms with E-state index in [-0.39, 0.29) is 0 Å². The van der Waals surface area contributed by atoms with E-state index < -0.39 is 0 Å². The minimum atomic E-state index is 0.446. The van der Waals surface area contributed by atoms with Crippen molar-refractivity contribution >= 4 is 23.4 Å². The van der Waals surface area contributed by atoms with Crippen LogP contribution in [0.4, 0.5) is 0 Å². The molecule has 2 rings (SSSR count). The van der Waals surface area contributed by atoms with E-state index in [2.05, 4.69) is 9.97 Å². The highest BCUT2D eigenvalue weighted by Gasteiger charge is 2.00. The van der Waals surface area contributed by atoms with Gasteiger partial charge in [-0.05, 0) is 30.3 Å². The van der Waals surface area contributed by atoms with Gasteiger partial charge in [0.25, 0.3) is 0 Å². The van der Waals surface area contributed by atoms with Gasteiger partial charge in [0.2, 0.25) is 0 Å². The molecule has 0 radical (unpaired) electrons. The van der Waals surface area contributed by atoms with Gasteiger partial charge in [-0.15, -0.1) is 11.8 Å². The molecule has 0 aliphatic heterocycles. The lowest BCUT2D eigenvalue weighted by Gasteiger charge is -2.02. The molecule has 0 aliphatic carbocycles. The highest BCUT2D eigenvalue weighted by atomic mass is 35.5. The molecule has 2 N–H and O–H groups in total. The summed E-state index contributed by atoms with van der Waals surface area (Å²) < 4.78 is 0. The summed E-state index contributed by atoms with van der Waals surface area (Å²) in [6.07, 6.45) is 1.74. The van der Waals surface area contributed by atoms with Crippen LogP contribution >= 0.6 is 23.4 Å². The summed E-state index contributed by atoms with van der Waals surface area (Å²) in [4.78, 5) is 9.70. The number of rotatable bonds is 4. The molecule has 0 amide bonds. The second kappa shape index (κ2) is 6.00. The van der Waals surface area contributed by atoms with Gasteiger partial charge in [-0.2, -0.15) is 0 Å². The number of thioether (sulfide) groups is 1. The van der Waals surface area contributed by atoms with Crippen molar-refractivity contribution in [1.29, 1.82) is 0 Å². The number of benzene rings is 1. The number of nitrogens with two attached hydrogens (primary N) is 1. The summed E-state index contributed by atoms with van der Waals surface area (Å²) in [6.45, 7) is 0.446. The number of aromatic nitrogens is 2. The number of nitrogens with zero attached hydrogens (tertiary/aromatic N) is 2. The van der Waals surface area contributed by atoms with Gasteiger partial charge in [0, 0.05) is 22.7 Å². The van der Waals surface area contributed by atoms with Gasteiger partial charge in [-0.25, -0.2) is 9.97 Å². The molecule has 1 aromatic carbocycles. The fourth-order valence-electron chi connectivity index (χ4n) is 1.30. The van der Waals surface area contributed by atoms with Crippen molar-refractivity contribution in [3.63, 3.8) is 0 Å². The molecule has 0 aliphatic rings. The zero-order valence-electron chi connectivity index (χ0n) is 9.14. The van der Waals surface area contributed by atoms with Crippen LogP contribution in [0.1, 0.15) is 11.5 Å². The largest absolute Gasteiger partial charge is 0.325 e. The van der Waals surface area contributed by atoms with Crippen LogP contribution in [0, 0.1) is 0 Å². The number of halogens is 1. The fraction of sp³-hybridized carbons (Fsp3) is 0.167. The van der Waals surface area contributed by atoms with E-state index in [9.17, 15) is 0 Å². The van der Waals surface area contributed by atoms with Crippen LogP contribution in [0.15, 0.2) is 41.4 Å². The van der Waals surface area contributed by atoms with Gasteiger partial charge in [-0.1, -0.05) is 11.6 Å². The van der Waals surface area contributed by atoms with Crippen LogP contribution in [-0.2, 0) is 12.3 Å². The van der Waals surface area contributed by atoms with Gasteiger partial charge in [0.05, 0.1) is 11.4 Å². The SMILES string of the molecule is NCc1ccnc(CSc2ccc(Cl)cc2)n1. The monoisotopic (exact) mass is 265 g/mol. The Kier molecular flexibility index (Phi) is 4.36. The Morgan fingerprint density at radius 1 is 1.18 bits per heavy atom. The molecule has 2 aromatic rings. The van der Waals surface area contributed by atoms with E-state index in [0.29, 0.717) is 6.54 Å². The zero-order valence-corrected chi connectivity index (χ0v) is 10.7. The molecule has 0 spiro atoms. The van der Waals surface area contributed by atoms with Crippen LogP contribution in [-0.4, -0.2) is 9.97 Å². The van der Waals surface area contributed by atoms with Crippen molar-refractivity contribution in [3.05, 3.63) is 53.1 Å². The quantitative estimate of drug-likeness (QED) is 0.864. The predicted octanol–water partition coefficient (Wildman–Crippen LogP) is 2.88. The highest BCUT2D eigenvalue weighted by molar-refractivity contribution is 7.98. The molecule has 0 fully saturated rings. The van der Waals surface area contributed by atoms with E-state index in [1.165, 1.54) is 0 Å². The third-order valence-corrected chi connectivity index (χ3v) is 3.41. The van der Waals surface area contributed by atoms with E-state index in [1.54, 1.807) is 18.0 Å². The Morgan fingerprint density at radius 3 is 2.65 bits per heavy atom. The van der Waals surface area contributed by atoms with Gasteiger partial charge in [0.15, 0.2) is 0 Å². The van der Waals surface area contributed by atoms with Crippen molar-refractivity contribution in [2.24, 2.45) is 5.73 Å². The average Bonchev–Trinajstić information content (AvgIpc) is 2.38. The normalized spacial score (nSPS) is 10.5. The first-order valence-corrected chi connectivity index (χ1v) is 6.53. The van der Waals surface area contributed by atoms with E-state index in [0.717, 1.165) is 27.2 Å². The molecule has 3 nitrogen and oxygen atoms in total. The maximum absolute atomic E-state index is 5.82. The minimum absolute atomic E-state index is 0.446. The Labute approximate surface area is 109 Å². The minimum Gasteiger partial charge on any atom is -0.325 e. The van der Waals surface area contributed by atoms with E-state index in [4.69, 9.17) is 17.3 Å². The standard InChI is InChI=1S/C12H12ClN3S/c13-9-1-3-11(4-2-9)17-8-12-15-6-5-10(7-14)16-12/h1-6H,7-8,14H2. The lowest BCUT2D eigenvalue weighted by Crippen LogP contribution is -2.02. The molecule has 0 bridgehead atoms. The molecular weight excluding hydrogens is 254 g/mol. The molecule has 17 heavy (non-hydrogen) atoms. The predicted molar refractivity (Wildman–Crippen MR) is 70.9 cm³/mol. The molecule has 5 heteroatoms. The van der Waals surface area contributed by atoms with Crippen molar-refractivity contribution in [2.45, 2.75) is 17.2 Å². The Balaban J connectivity index is 1.99. The van der Waals surface area contributed by atoms with Crippen molar-refractivity contribution in [3.8, 4) is 0 Å². The molecule has 0 atom stereocenters. The summed E-state index contributed by atoms with van der Waals surface area (Å²) in [7, 11) is 0. The molecule has 0 saturated carbocycles. The molecule has 0 unspecified atom stereocenters. The third kappa shape index (κ3) is 3.70. The summed E-state index contributed by atoms with van der Waals surface area (Å²) >= 11 is 7.50. The van der Waals surface area contributed by atoms with Crippen LogP contribution in [0.3, 0.4) is 0 Å². The first-order chi connectivity index (χ1) is 8.28. The van der Waals surface area contributed by atoms with Crippen LogP contribution in [0.25, 0.3) is 0 Å². The average molecular weight is 266 g/mol. The highest BCUT2D eigenvalue weighted by Crippen LogP contribution is 2.22. The van der Waals surface area contributed by atoms with Gasteiger partial charge in [0.1, 0.15) is 5.82 Å². The van der Waals surface area contributed by atoms with Crippen LogP contribution in [0.5, 0.6) is 0 Å². The summed E-state index contributed by atoms with van der Waals surface area (Å²) in [5, 5.41) is 0.746. The molecule has 1 heterocycles. The topological polar surface area (TPSA) is 51.8 Å². The first kappa shape index (κ1) is 12.4. The Morgan fingerprint density at radius 2 is 1.94 bits per heavy atom. The zero-order chi connectivity index (χ0) is 12.1. The number of hydrogen-bond acceptors (Lipinski definition) is 4. The lowest BCUT2D eigenvalue weighted by molar-refractivity contribution is 0.918. The smallest absolute Gasteiger partial charge is 0.138 e. The molecular formula is C12H12ClN3S. The second-order valence-electron chi connectivity index (χ2n) is 3.41. The molecule has 88 valence electrons. The summed E-state index contributed by atoms with van der Waals surface area (Å²) in [5.74, 6) is 1.53. The van der Waals surface area contributed by atoms with Gasteiger partial charge >= 0.3 is 0 Å². The third-order valence-electron chi connectivity index (χ3n) is 2.15. The maximum Gasteiger partial charge on any atom is 0.138 e. The van der Waals surface area contributed by atoms with Crippen LogP contribution < -0.4 is 5.73 Å². The van der Waals surface area contributed by atoms with Crippen molar-refractivity contribution in [1.82, 2.24) is 9.97 Å².